The van der Waals surface area contributed by atoms with Gasteiger partial charge < -0.3 is 9.47 Å². The Balaban J connectivity index is 1.87. The summed E-state index contributed by atoms with van der Waals surface area (Å²) >= 11 is 0. The summed E-state index contributed by atoms with van der Waals surface area (Å²) in [6, 6.07) is 15.2. The second-order valence-corrected chi connectivity index (χ2v) is 5.83. The van der Waals surface area contributed by atoms with Crippen LogP contribution in [0.2, 0.25) is 0 Å². The zero-order valence-corrected chi connectivity index (χ0v) is 14.6. The van der Waals surface area contributed by atoms with Crippen LogP contribution in [-0.4, -0.2) is 18.5 Å². The van der Waals surface area contributed by atoms with E-state index in [0.29, 0.717) is 23.5 Å². The number of carbonyl (C=O) groups excluding carboxylic acids is 2. The van der Waals surface area contributed by atoms with Crippen LogP contribution >= 0.6 is 0 Å². The summed E-state index contributed by atoms with van der Waals surface area (Å²) < 4.78 is 10.6. The first-order valence-electron chi connectivity index (χ1n) is 8.75. The van der Waals surface area contributed by atoms with Crippen molar-refractivity contribution in [3.63, 3.8) is 0 Å². The van der Waals surface area contributed by atoms with Crippen LogP contribution < -0.4 is 4.74 Å². The number of ether oxygens (including phenoxy) is 2. The number of unbranched alkanes of at least 4 members (excludes halogenated alkanes) is 4. The van der Waals surface area contributed by atoms with E-state index in [2.05, 4.69) is 6.92 Å². The molecule has 0 aliphatic rings. The lowest BCUT2D eigenvalue weighted by molar-refractivity contribution is 0.0497. The first kappa shape index (κ1) is 18.7. The SMILES string of the molecule is CCCCCCCOC(=O)c1cccc(C(=O)Oc2ccccc2)c1. The molecule has 0 fully saturated rings. The first-order chi connectivity index (χ1) is 12.2. The van der Waals surface area contributed by atoms with Crippen LogP contribution in [0.4, 0.5) is 0 Å². The van der Waals surface area contributed by atoms with Crippen LogP contribution in [0.1, 0.15) is 59.7 Å². The fourth-order valence-electron chi connectivity index (χ4n) is 2.38. The minimum absolute atomic E-state index is 0.321. The van der Waals surface area contributed by atoms with Crippen LogP contribution in [-0.2, 0) is 4.74 Å². The zero-order chi connectivity index (χ0) is 17.9. The quantitative estimate of drug-likeness (QED) is 0.365. The number of benzene rings is 2. The second-order valence-electron chi connectivity index (χ2n) is 5.83. The summed E-state index contributed by atoms with van der Waals surface area (Å²) in [5.41, 5.74) is 0.678. The molecule has 2 aromatic carbocycles. The third-order valence-corrected chi connectivity index (χ3v) is 3.77. The fourth-order valence-corrected chi connectivity index (χ4v) is 2.38. The topological polar surface area (TPSA) is 52.6 Å². The zero-order valence-electron chi connectivity index (χ0n) is 14.6. The van der Waals surface area contributed by atoms with E-state index < -0.39 is 11.9 Å². The fraction of sp³-hybridized carbons (Fsp3) is 0.333. The van der Waals surface area contributed by atoms with E-state index in [-0.39, 0.29) is 0 Å². The lowest BCUT2D eigenvalue weighted by atomic mass is 10.1. The van der Waals surface area contributed by atoms with Crippen molar-refractivity contribution >= 4 is 11.9 Å². The molecule has 0 saturated carbocycles. The van der Waals surface area contributed by atoms with Gasteiger partial charge in [-0.05, 0) is 36.8 Å². The van der Waals surface area contributed by atoms with Gasteiger partial charge in [0, 0.05) is 0 Å². The molecular formula is C21H24O4. The molecule has 0 heterocycles. The number of hydrogen-bond donors (Lipinski definition) is 0. The molecule has 4 nitrogen and oxygen atoms in total. The Morgan fingerprint density at radius 2 is 1.48 bits per heavy atom. The molecule has 2 aromatic rings. The Kier molecular flexibility index (Phi) is 7.70. The predicted octanol–water partition coefficient (Wildman–Crippen LogP) is 5.03. The number of hydrogen-bond acceptors (Lipinski definition) is 4. The summed E-state index contributed by atoms with van der Waals surface area (Å²) in [5, 5.41) is 0. The van der Waals surface area contributed by atoms with Crippen molar-refractivity contribution in [2.75, 3.05) is 6.61 Å². The highest BCUT2D eigenvalue weighted by molar-refractivity contribution is 5.96. The van der Waals surface area contributed by atoms with Crippen molar-refractivity contribution in [1.29, 1.82) is 0 Å². The van der Waals surface area contributed by atoms with Gasteiger partial charge in [-0.25, -0.2) is 9.59 Å². The highest BCUT2D eigenvalue weighted by atomic mass is 16.5. The summed E-state index contributed by atoms with van der Waals surface area (Å²) in [6.45, 7) is 2.57. The van der Waals surface area contributed by atoms with Gasteiger partial charge in [-0.3, -0.25) is 0 Å². The Bertz CT molecular complexity index is 679. The van der Waals surface area contributed by atoms with Crippen molar-refractivity contribution in [2.24, 2.45) is 0 Å². The highest BCUT2D eigenvalue weighted by Gasteiger charge is 2.13. The molecule has 0 radical (unpaired) electrons. The Morgan fingerprint density at radius 1 is 0.800 bits per heavy atom. The molecule has 0 aliphatic heterocycles. The van der Waals surface area contributed by atoms with Crippen LogP contribution in [0.25, 0.3) is 0 Å². The van der Waals surface area contributed by atoms with Crippen LogP contribution in [0.15, 0.2) is 54.6 Å². The van der Waals surface area contributed by atoms with Crippen LogP contribution in [0.3, 0.4) is 0 Å². The van der Waals surface area contributed by atoms with E-state index >= 15 is 0 Å². The minimum Gasteiger partial charge on any atom is -0.462 e. The largest absolute Gasteiger partial charge is 0.462 e. The predicted molar refractivity (Wildman–Crippen MR) is 96.9 cm³/mol. The Labute approximate surface area is 148 Å². The lowest BCUT2D eigenvalue weighted by Crippen LogP contribution is -2.11. The minimum atomic E-state index is -0.500. The van der Waals surface area contributed by atoms with E-state index in [1.807, 2.05) is 6.07 Å². The second kappa shape index (κ2) is 10.3. The molecule has 0 N–H and O–H groups in total. The first-order valence-corrected chi connectivity index (χ1v) is 8.75. The van der Waals surface area contributed by atoms with Crippen molar-refractivity contribution < 1.29 is 19.1 Å². The average Bonchev–Trinajstić information content (AvgIpc) is 2.65. The molecule has 0 atom stereocenters. The van der Waals surface area contributed by atoms with Crippen molar-refractivity contribution in [1.82, 2.24) is 0 Å². The molecule has 0 bridgehead atoms. The standard InChI is InChI=1S/C21H24O4/c1-2-3-4-5-9-15-24-20(22)17-11-10-12-18(16-17)21(23)25-19-13-7-6-8-14-19/h6-8,10-14,16H,2-5,9,15H2,1H3. The molecule has 4 heteroatoms. The van der Waals surface area contributed by atoms with Gasteiger partial charge >= 0.3 is 11.9 Å². The molecule has 0 unspecified atom stereocenters. The third kappa shape index (κ3) is 6.42. The molecule has 2 rings (SSSR count). The summed E-state index contributed by atoms with van der Waals surface area (Å²) in [6.07, 6.45) is 5.48. The van der Waals surface area contributed by atoms with Gasteiger partial charge in [-0.15, -0.1) is 0 Å². The number of para-hydroxylation sites is 1. The summed E-state index contributed by atoms with van der Waals surface area (Å²) in [7, 11) is 0. The van der Waals surface area contributed by atoms with Gasteiger partial charge in [-0.1, -0.05) is 56.9 Å². The monoisotopic (exact) mass is 340 g/mol. The molecule has 0 spiro atoms. The van der Waals surface area contributed by atoms with E-state index in [4.69, 9.17) is 9.47 Å². The maximum atomic E-state index is 12.2. The van der Waals surface area contributed by atoms with Gasteiger partial charge in [0.1, 0.15) is 5.75 Å². The molecule has 0 amide bonds. The molecule has 25 heavy (non-hydrogen) atoms. The van der Waals surface area contributed by atoms with Gasteiger partial charge in [0.2, 0.25) is 0 Å². The summed E-state index contributed by atoms with van der Waals surface area (Å²) in [5.74, 6) is -0.446. The average molecular weight is 340 g/mol. The van der Waals surface area contributed by atoms with E-state index in [9.17, 15) is 9.59 Å². The molecule has 132 valence electrons. The van der Waals surface area contributed by atoms with E-state index in [0.717, 1.165) is 19.3 Å². The lowest BCUT2D eigenvalue weighted by Gasteiger charge is -2.07. The summed E-state index contributed by atoms with van der Waals surface area (Å²) in [4.78, 5) is 24.3. The molecule has 0 aromatic heterocycles. The van der Waals surface area contributed by atoms with E-state index in [1.165, 1.54) is 18.9 Å². The van der Waals surface area contributed by atoms with Crippen molar-refractivity contribution in [3.05, 3.63) is 65.7 Å². The maximum absolute atomic E-state index is 12.2. The van der Waals surface area contributed by atoms with Crippen LogP contribution in [0.5, 0.6) is 5.75 Å². The normalized spacial score (nSPS) is 10.3. The molecular weight excluding hydrogens is 316 g/mol. The number of esters is 2. The van der Waals surface area contributed by atoms with E-state index in [1.54, 1.807) is 42.5 Å². The highest BCUT2D eigenvalue weighted by Crippen LogP contribution is 2.14. The number of carbonyl (C=O) groups is 2. The Morgan fingerprint density at radius 3 is 2.20 bits per heavy atom. The van der Waals surface area contributed by atoms with Crippen molar-refractivity contribution in [2.45, 2.75) is 39.0 Å². The van der Waals surface area contributed by atoms with Gasteiger partial charge in [0.25, 0.3) is 0 Å². The molecule has 0 saturated heterocycles. The third-order valence-electron chi connectivity index (χ3n) is 3.77. The molecule has 0 aliphatic carbocycles. The maximum Gasteiger partial charge on any atom is 0.343 e. The van der Waals surface area contributed by atoms with Crippen molar-refractivity contribution in [3.8, 4) is 5.75 Å². The van der Waals surface area contributed by atoms with Gasteiger partial charge in [-0.2, -0.15) is 0 Å². The smallest absolute Gasteiger partial charge is 0.343 e. The van der Waals surface area contributed by atoms with Crippen LogP contribution in [0, 0.1) is 0 Å². The Hall–Kier alpha value is -2.62. The van der Waals surface area contributed by atoms with Gasteiger partial charge in [0.15, 0.2) is 0 Å². The van der Waals surface area contributed by atoms with Gasteiger partial charge in [0.05, 0.1) is 17.7 Å². The number of rotatable bonds is 9.